The summed E-state index contributed by atoms with van der Waals surface area (Å²) >= 11 is 0. The standard InChI is InChI=1S/C22H24N6/c1-16-17(2)27-28-21(25-13-7-12-24-19-10-6-11-23-15-19)14-20(26-22(16)28)18-8-4-3-5-9-18/h3-6,8-11,14-15,24-25H,7,12-13H2,1-2H3. The average Bonchev–Trinajstić information content (AvgIpc) is 3.03. The van der Waals surface area contributed by atoms with E-state index < -0.39 is 0 Å². The van der Waals surface area contributed by atoms with Crippen molar-refractivity contribution in [2.24, 2.45) is 0 Å². The summed E-state index contributed by atoms with van der Waals surface area (Å²) in [5.41, 5.74) is 6.10. The van der Waals surface area contributed by atoms with Crippen LogP contribution in [0.25, 0.3) is 16.9 Å². The Hall–Kier alpha value is -3.41. The molecule has 0 bridgehead atoms. The number of aryl methyl sites for hydroxylation is 2. The molecule has 6 nitrogen and oxygen atoms in total. The van der Waals surface area contributed by atoms with Crippen LogP contribution in [0.4, 0.5) is 11.5 Å². The van der Waals surface area contributed by atoms with Crippen LogP contribution in [0.2, 0.25) is 0 Å². The lowest BCUT2D eigenvalue weighted by Crippen LogP contribution is -2.12. The maximum absolute atomic E-state index is 4.85. The van der Waals surface area contributed by atoms with Crippen molar-refractivity contribution in [1.82, 2.24) is 19.6 Å². The third-order valence-corrected chi connectivity index (χ3v) is 4.78. The van der Waals surface area contributed by atoms with Crippen molar-refractivity contribution in [2.45, 2.75) is 20.3 Å². The third-order valence-electron chi connectivity index (χ3n) is 4.78. The van der Waals surface area contributed by atoms with E-state index in [-0.39, 0.29) is 0 Å². The fourth-order valence-corrected chi connectivity index (χ4v) is 3.12. The van der Waals surface area contributed by atoms with E-state index in [2.05, 4.69) is 45.8 Å². The van der Waals surface area contributed by atoms with Crippen LogP contribution in [-0.4, -0.2) is 32.7 Å². The van der Waals surface area contributed by atoms with E-state index in [1.165, 1.54) is 0 Å². The molecule has 0 aliphatic carbocycles. The molecule has 1 aromatic carbocycles. The van der Waals surface area contributed by atoms with Gasteiger partial charge in [0.05, 0.1) is 17.1 Å². The highest BCUT2D eigenvalue weighted by atomic mass is 15.3. The van der Waals surface area contributed by atoms with Crippen molar-refractivity contribution in [3.8, 4) is 11.3 Å². The molecule has 0 spiro atoms. The van der Waals surface area contributed by atoms with Crippen LogP contribution in [0.15, 0.2) is 60.9 Å². The summed E-state index contributed by atoms with van der Waals surface area (Å²) < 4.78 is 1.91. The van der Waals surface area contributed by atoms with Gasteiger partial charge in [0.15, 0.2) is 5.65 Å². The molecule has 0 amide bonds. The van der Waals surface area contributed by atoms with E-state index >= 15 is 0 Å². The number of aromatic nitrogens is 4. The summed E-state index contributed by atoms with van der Waals surface area (Å²) in [5.74, 6) is 0.960. The maximum atomic E-state index is 4.85. The van der Waals surface area contributed by atoms with E-state index in [9.17, 15) is 0 Å². The Kier molecular flexibility index (Phi) is 5.19. The number of rotatable bonds is 7. The van der Waals surface area contributed by atoms with Crippen LogP contribution >= 0.6 is 0 Å². The van der Waals surface area contributed by atoms with E-state index in [4.69, 9.17) is 4.98 Å². The van der Waals surface area contributed by atoms with Gasteiger partial charge in [0.1, 0.15) is 5.82 Å². The molecule has 2 N–H and O–H groups in total. The summed E-state index contributed by atoms with van der Waals surface area (Å²) in [6, 6.07) is 16.3. The van der Waals surface area contributed by atoms with Gasteiger partial charge < -0.3 is 10.6 Å². The first-order valence-electron chi connectivity index (χ1n) is 9.52. The molecule has 0 atom stereocenters. The molecule has 0 unspecified atom stereocenters. The zero-order chi connectivity index (χ0) is 19.3. The van der Waals surface area contributed by atoms with Gasteiger partial charge in [-0.25, -0.2) is 4.98 Å². The number of hydrogen-bond acceptors (Lipinski definition) is 5. The normalized spacial score (nSPS) is 10.9. The molecule has 0 saturated carbocycles. The van der Waals surface area contributed by atoms with Crippen LogP contribution in [0.3, 0.4) is 0 Å². The fourth-order valence-electron chi connectivity index (χ4n) is 3.12. The molecule has 3 aromatic heterocycles. The van der Waals surface area contributed by atoms with Crippen molar-refractivity contribution < 1.29 is 0 Å². The minimum absolute atomic E-state index is 0.832. The summed E-state index contributed by atoms with van der Waals surface area (Å²) in [6.07, 6.45) is 4.58. The highest BCUT2D eigenvalue weighted by Crippen LogP contribution is 2.24. The Morgan fingerprint density at radius 3 is 2.57 bits per heavy atom. The van der Waals surface area contributed by atoms with Crippen molar-refractivity contribution in [3.63, 3.8) is 0 Å². The highest BCUT2D eigenvalue weighted by Gasteiger charge is 2.13. The van der Waals surface area contributed by atoms with Crippen molar-refractivity contribution in [1.29, 1.82) is 0 Å². The fraction of sp³-hybridized carbons (Fsp3) is 0.227. The number of nitrogens with one attached hydrogen (secondary N) is 2. The van der Waals surface area contributed by atoms with Gasteiger partial charge in [0.25, 0.3) is 0 Å². The van der Waals surface area contributed by atoms with Gasteiger partial charge in [-0.3, -0.25) is 4.98 Å². The number of anilines is 2. The quantitative estimate of drug-likeness (QED) is 0.473. The number of benzene rings is 1. The minimum Gasteiger partial charge on any atom is -0.384 e. The Bertz CT molecular complexity index is 1060. The second kappa shape index (κ2) is 8.08. The summed E-state index contributed by atoms with van der Waals surface area (Å²) in [4.78, 5) is 8.97. The second-order valence-corrected chi connectivity index (χ2v) is 6.79. The van der Waals surface area contributed by atoms with Gasteiger partial charge in [-0.2, -0.15) is 9.61 Å². The van der Waals surface area contributed by atoms with Gasteiger partial charge in [-0.05, 0) is 32.4 Å². The number of hydrogen-bond donors (Lipinski definition) is 2. The molecule has 28 heavy (non-hydrogen) atoms. The molecule has 3 heterocycles. The number of pyridine rings is 1. The topological polar surface area (TPSA) is 67.1 Å². The van der Waals surface area contributed by atoms with E-state index in [0.717, 1.165) is 59.2 Å². The lowest BCUT2D eigenvalue weighted by molar-refractivity contribution is 0.868. The molecule has 142 valence electrons. The lowest BCUT2D eigenvalue weighted by Gasteiger charge is -2.11. The van der Waals surface area contributed by atoms with Gasteiger partial charge in [-0.1, -0.05) is 30.3 Å². The van der Waals surface area contributed by atoms with E-state index in [1.807, 2.05) is 48.0 Å². The average molecular weight is 372 g/mol. The maximum Gasteiger partial charge on any atom is 0.161 e. The largest absolute Gasteiger partial charge is 0.384 e. The summed E-state index contributed by atoms with van der Waals surface area (Å²) in [5, 5.41) is 11.6. The van der Waals surface area contributed by atoms with Crippen LogP contribution in [0.1, 0.15) is 17.7 Å². The summed E-state index contributed by atoms with van der Waals surface area (Å²) in [6.45, 7) is 5.79. The van der Waals surface area contributed by atoms with Gasteiger partial charge in [0, 0.05) is 42.7 Å². The smallest absolute Gasteiger partial charge is 0.161 e. The summed E-state index contributed by atoms with van der Waals surface area (Å²) in [7, 11) is 0. The van der Waals surface area contributed by atoms with Crippen LogP contribution < -0.4 is 10.6 Å². The molecule has 0 radical (unpaired) electrons. The van der Waals surface area contributed by atoms with E-state index in [1.54, 1.807) is 6.20 Å². The van der Waals surface area contributed by atoms with Crippen LogP contribution in [-0.2, 0) is 0 Å². The number of fused-ring (bicyclic) bond motifs is 1. The first-order chi connectivity index (χ1) is 13.7. The minimum atomic E-state index is 0.832. The van der Waals surface area contributed by atoms with Gasteiger partial charge >= 0.3 is 0 Å². The molecule has 0 aliphatic rings. The molecular weight excluding hydrogens is 348 g/mol. The van der Waals surface area contributed by atoms with Crippen LogP contribution in [0.5, 0.6) is 0 Å². The predicted molar refractivity (Wildman–Crippen MR) is 114 cm³/mol. The van der Waals surface area contributed by atoms with Crippen LogP contribution in [0, 0.1) is 13.8 Å². The van der Waals surface area contributed by atoms with Gasteiger partial charge in [-0.15, -0.1) is 0 Å². The first kappa shape index (κ1) is 18.0. The predicted octanol–water partition coefficient (Wildman–Crippen LogP) is 4.32. The van der Waals surface area contributed by atoms with E-state index in [0.29, 0.717) is 0 Å². The first-order valence-corrected chi connectivity index (χ1v) is 9.52. The Balaban J connectivity index is 1.51. The van der Waals surface area contributed by atoms with Gasteiger partial charge in [0.2, 0.25) is 0 Å². The number of nitrogens with zero attached hydrogens (tertiary/aromatic N) is 4. The second-order valence-electron chi connectivity index (χ2n) is 6.79. The zero-order valence-corrected chi connectivity index (χ0v) is 16.2. The van der Waals surface area contributed by atoms with Crippen molar-refractivity contribution in [3.05, 3.63) is 72.2 Å². The highest BCUT2D eigenvalue weighted by molar-refractivity contribution is 5.68. The zero-order valence-electron chi connectivity index (χ0n) is 16.2. The SMILES string of the molecule is Cc1nn2c(NCCCNc3cccnc3)cc(-c3ccccc3)nc2c1C. The molecule has 0 fully saturated rings. The Labute approximate surface area is 164 Å². The Morgan fingerprint density at radius 2 is 1.79 bits per heavy atom. The molecule has 0 aliphatic heterocycles. The molecule has 4 aromatic rings. The lowest BCUT2D eigenvalue weighted by atomic mass is 10.1. The Morgan fingerprint density at radius 1 is 0.964 bits per heavy atom. The monoisotopic (exact) mass is 372 g/mol. The molecule has 4 rings (SSSR count). The molecule has 0 saturated heterocycles. The molecule has 6 heteroatoms. The van der Waals surface area contributed by atoms with Crippen molar-refractivity contribution in [2.75, 3.05) is 23.7 Å². The van der Waals surface area contributed by atoms with Crippen molar-refractivity contribution >= 4 is 17.2 Å². The third kappa shape index (κ3) is 3.81. The molecular formula is C22H24N6.